The molecule has 29 heavy (non-hydrogen) atoms. The largest absolute Gasteiger partial charge is 0.416 e. The van der Waals surface area contributed by atoms with Crippen molar-refractivity contribution in [2.45, 2.75) is 19.0 Å². The molecule has 0 N–H and O–H groups in total. The van der Waals surface area contributed by atoms with Crippen molar-refractivity contribution in [3.8, 4) is 5.69 Å². The second-order valence-corrected chi connectivity index (χ2v) is 7.19. The van der Waals surface area contributed by atoms with E-state index in [0.29, 0.717) is 19.0 Å². The zero-order chi connectivity index (χ0) is 20.4. The van der Waals surface area contributed by atoms with Gasteiger partial charge in [0, 0.05) is 13.1 Å². The average molecular weight is 400 g/mol. The lowest BCUT2D eigenvalue weighted by Crippen LogP contribution is -2.29. The number of rotatable bonds is 4. The second kappa shape index (κ2) is 7.69. The van der Waals surface area contributed by atoms with Crippen LogP contribution in [0, 0.1) is 5.92 Å². The molecule has 0 bridgehead atoms. The fraction of sp³-hybridized carbons (Fsp3) is 0.286. The minimum Gasteiger partial charge on any atom is -0.337 e. The molecule has 2 heterocycles. The van der Waals surface area contributed by atoms with Crippen molar-refractivity contribution in [3.63, 3.8) is 0 Å². The van der Waals surface area contributed by atoms with Crippen LogP contribution in [0.25, 0.3) is 5.69 Å². The second-order valence-electron chi connectivity index (χ2n) is 7.19. The van der Waals surface area contributed by atoms with E-state index in [1.807, 2.05) is 18.2 Å². The Hall–Kier alpha value is -3.16. The third kappa shape index (κ3) is 4.31. The molecule has 1 unspecified atom stereocenters. The Morgan fingerprint density at radius 1 is 1.10 bits per heavy atom. The van der Waals surface area contributed by atoms with E-state index in [1.165, 1.54) is 28.6 Å². The first-order valence-electron chi connectivity index (χ1n) is 9.33. The first kappa shape index (κ1) is 19.2. The quantitative estimate of drug-likeness (QED) is 0.666. The third-order valence-corrected chi connectivity index (χ3v) is 5.09. The van der Waals surface area contributed by atoms with Crippen molar-refractivity contribution in [1.82, 2.24) is 19.9 Å². The number of carbonyl (C=O) groups excluding carboxylic acids is 1. The molecule has 1 aliphatic heterocycles. The number of alkyl halides is 3. The van der Waals surface area contributed by atoms with Crippen molar-refractivity contribution in [1.29, 1.82) is 0 Å². The number of carbonyl (C=O) groups is 1. The van der Waals surface area contributed by atoms with Crippen LogP contribution in [-0.2, 0) is 12.6 Å². The van der Waals surface area contributed by atoms with E-state index in [9.17, 15) is 18.0 Å². The molecule has 0 aliphatic carbocycles. The molecule has 5 nitrogen and oxygen atoms in total. The Kier molecular flexibility index (Phi) is 5.08. The summed E-state index contributed by atoms with van der Waals surface area (Å²) in [6, 6.07) is 14.9. The molecule has 4 rings (SSSR count). The van der Waals surface area contributed by atoms with Crippen LogP contribution in [0.2, 0.25) is 0 Å². The van der Waals surface area contributed by atoms with Crippen LogP contribution in [0.15, 0.2) is 60.8 Å². The van der Waals surface area contributed by atoms with Gasteiger partial charge >= 0.3 is 6.18 Å². The van der Waals surface area contributed by atoms with Crippen LogP contribution < -0.4 is 0 Å². The van der Waals surface area contributed by atoms with Gasteiger partial charge in [-0.15, -0.1) is 5.10 Å². The highest BCUT2D eigenvalue weighted by Gasteiger charge is 2.31. The summed E-state index contributed by atoms with van der Waals surface area (Å²) in [4.78, 5) is 14.5. The molecule has 1 saturated heterocycles. The summed E-state index contributed by atoms with van der Waals surface area (Å²) in [5, 5.41) is 7.72. The van der Waals surface area contributed by atoms with E-state index >= 15 is 0 Å². The fourth-order valence-corrected chi connectivity index (χ4v) is 3.61. The predicted molar refractivity (Wildman–Crippen MR) is 101 cm³/mol. The molecule has 1 atom stereocenters. The van der Waals surface area contributed by atoms with Gasteiger partial charge in [-0.25, -0.2) is 4.68 Å². The molecular weight excluding hydrogens is 381 g/mol. The van der Waals surface area contributed by atoms with Crippen LogP contribution in [0.3, 0.4) is 0 Å². The maximum absolute atomic E-state index is 12.9. The Balaban J connectivity index is 1.44. The molecule has 1 aromatic heterocycles. The van der Waals surface area contributed by atoms with E-state index in [-0.39, 0.29) is 17.3 Å². The molecule has 1 fully saturated rings. The molecule has 0 saturated carbocycles. The fourth-order valence-electron chi connectivity index (χ4n) is 3.61. The number of hydrogen-bond acceptors (Lipinski definition) is 3. The third-order valence-electron chi connectivity index (χ3n) is 5.09. The van der Waals surface area contributed by atoms with Crippen molar-refractivity contribution in [2.75, 3.05) is 13.1 Å². The van der Waals surface area contributed by atoms with Crippen LogP contribution in [0.5, 0.6) is 0 Å². The number of hydrogen-bond donors (Lipinski definition) is 0. The number of likely N-dealkylation sites (tertiary alicyclic amines) is 1. The minimum atomic E-state index is -4.45. The molecular formula is C21H19F3N4O. The maximum Gasteiger partial charge on any atom is 0.416 e. The lowest BCUT2D eigenvalue weighted by atomic mass is 9.99. The monoisotopic (exact) mass is 400 g/mol. The lowest BCUT2D eigenvalue weighted by molar-refractivity contribution is -0.137. The molecule has 8 heteroatoms. The van der Waals surface area contributed by atoms with Crippen molar-refractivity contribution in [2.24, 2.45) is 5.92 Å². The Morgan fingerprint density at radius 2 is 1.90 bits per heavy atom. The van der Waals surface area contributed by atoms with Crippen molar-refractivity contribution >= 4 is 5.91 Å². The Morgan fingerprint density at radius 3 is 2.66 bits per heavy atom. The normalized spacial score (nSPS) is 16.9. The Bertz CT molecular complexity index is 1000. The smallest absolute Gasteiger partial charge is 0.337 e. The van der Waals surface area contributed by atoms with Gasteiger partial charge in [-0.1, -0.05) is 41.6 Å². The summed E-state index contributed by atoms with van der Waals surface area (Å²) in [6.45, 7) is 1.26. The van der Waals surface area contributed by atoms with E-state index in [2.05, 4.69) is 22.4 Å². The molecule has 1 amide bonds. The van der Waals surface area contributed by atoms with Gasteiger partial charge in [-0.05, 0) is 42.5 Å². The summed E-state index contributed by atoms with van der Waals surface area (Å²) in [6.07, 6.45) is -1.26. The molecule has 3 aromatic rings. The average Bonchev–Trinajstić information content (AvgIpc) is 3.38. The lowest BCUT2D eigenvalue weighted by Gasteiger charge is -2.15. The highest BCUT2D eigenvalue weighted by atomic mass is 19.4. The van der Waals surface area contributed by atoms with Gasteiger partial charge in [-0.3, -0.25) is 4.79 Å². The molecule has 2 aromatic carbocycles. The summed E-state index contributed by atoms with van der Waals surface area (Å²) in [7, 11) is 0. The van der Waals surface area contributed by atoms with Gasteiger partial charge in [0.25, 0.3) is 5.91 Å². The number of nitrogens with zero attached hydrogens (tertiary/aromatic N) is 4. The van der Waals surface area contributed by atoms with Crippen LogP contribution in [0.4, 0.5) is 13.2 Å². The van der Waals surface area contributed by atoms with E-state index in [4.69, 9.17) is 0 Å². The summed E-state index contributed by atoms with van der Waals surface area (Å²) in [5.41, 5.74) is 0.793. The summed E-state index contributed by atoms with van der Waals surface area (Å²) in [5.74, 6) is 0.124. The van der Waals surface area contributed by atoms with Gasteiger partial charge < -0.3 is 4.90 Å². The molecule has 1 aliphatic rings. The van der Waals surface area contributed by atoms with Gasteiger partial charge in [0.15, 0.2) is 5.69 Å². The minimum absolute atomic E-state index is 0.128. The van der Waals surface area contributed by atoms with Gasteiger partial charge in [-0.2, -0.15) is 13.2 Å². The number of halogens is 3. The van der Waals surface area contributed by atoms with Crippen LogP contribution >= 0.6 is 0 Å². The first-order chi connectivity index (χ1) is 13.9. The van der Waals surface area contributed by atoms with Gasteiger partial charge in [0.05, 0.1) is 17.4 Å². The zero-order valence-corrected chi connectivity index (χ0v) is 15.5. The van der Waals surface area contributed by atoms with Gasteiger partial charge in [0.2, 0.25) is 0 Å². The van der Waals surface area contributed by atoms with Crippen molar-refractivity contribution < 1.29 is 18.0 Å². The van der Waals surface area contributed by atoms with Crippen LogP contribution in [-0.4, -0.2) is 38.9 Å². The number of amides is 1. The van der Waals surface area contributed by atoms with Crippen LogP contribution in [0.1, 0.15) is 28.0 Å². The zero-order valence-electron chi connectivity index (χ0n) is 15.5. The number of aromatic nitrogens is 3. The SMILES string of the molecule is O=C(c1cn(-c2cccc(C(F)(F)F)c2)nn1)N1CCC(Cc2ccccc2)C1. The molecule has 0 spiro atoms. The topological polar surface area (TPSA) is 51.0 Å². The van der Waals surface area contributed by atoms with Gasteiger partial charge in [0.1, 0.15) is 0 Å². The van der Waals surface area contributed by atoms with E-state index < -0.39 is 11.7 Å². The molecule has 150 valence electrons. The van der Waals surface area contributed by atoms with Crippen molar-refractivity contribution in [3.05, 3.63) is 77.6 Å². The van der Waals surface area contributed by atoms with E-state index in [0.717, 1.165) is 25.0 Å². The highest BCUT2D eigenvalue weighted by molar-refractivity contribution is 5.92. The summed E-state index contributed by atoms with van der Waals surface area (Å²) >= 11 is 0. The molecule has 0 radical (unpaired) electrons. The predicted octanol–water partition coefficient (Wildman–Crippen LogP) is 3.99. The Labute approximate surface area is 165 Å². The standard InChI is InChI=1S/C21H19F3N4O/c22-21(23,24)17-7-4-8-18(12-17)28-14-19(25-26-28)20(29)27-10-9-16(13-27)11-15-5-2-1-3-6-15/h1-8,12,14,16H,9-11,13H2. The first-order valence-corrected chi connectivity index (χ1v) is 9.33. The maximum atomic E-state index is 12.9. The highest BCUT2D eigenvalue weighted by Crippen LogP contribution is 2.30. The summed E-state index contributed by atoms with van der Waals surface area (Å²) < 4.78 is 39.9. The number of benzene rings is 2. The van der Waals surface area contributed by atoms with E-state index in [1.54, 1.807) is 4.90 Å².